The van der Waals surface area contributed by atoms with Crippen molar-refractivity contribution in [2.45, 2.75) is 6.54 Å². The number of nitrogens with zero attached hydrogens (tertiary/aromatic N) is 2. The Morgan fingerprint density at radius 1 is 1.00 bits per heavy atom. The molecule has 1 N–H and O–H groups in total. The Bertz CT molecular complexity index is 906. The Kier molecular flexibility index (Phi) is 4.04. The van der Waals surface area contributed by atoms with E-state index in [1.807, 2.05) is 54.6 Å². The molecule has 3 rings (SSSR count). The molecule has 0 aromatic heterocycles. The van der Waals surface area contributed by atoms with Gasteiger partial charge < -0.3 is 0 Å². The fourth-order valence-electron chi connectivity index (χ4n) is 2.07. The van der Waals surface area contributed by atoms with Crippen molar-refractivity contribution in [1.29, 1.82) is 0 Å². The van der Waals surface area contributed by atoms with Crippen molar-refractivity contribution in [2.75, 3.05) is 0 Å². The lowest BCUT2D eigenvalue weighted by Crippen LogP contribution is -2.36. The SMILES string of the molecule is O=S(=O)(NCc1ccccc1)N1C=CN=c2ccccc2=C1. The summed E-state index contributed by atoms with van der Waals surface area (Å²) in [5.41, 5.74) is 0.898. The van der Waals surface area contributed by atoms with E-state index in [9.17, 15) is 8.42 Å². The van der Waals surface area contributed by atoms with Gasteiger partial charge in [0.1, 0.15) is 0 Å². The minimum absolute atomic E-state index is 0.236. The molecule has 2 aromatic carbocycles. The van der Waals surface area contributed by atoms with E-state index in [1.165, 1.54) is 12.4 Å². The van der Waals surface area contributed by atoms with Crippen LogP contribution in [0.25, 0.3) is 6.20 Å². The van der Waals surface area contributed by atoms with Gasteiger partial charge in [0.2, 0.25) is 0 Å². The van der Waals surface area contributed by atoms with Crippen LogP contribution < -0.4 is 15.3 Å². The zero-order valence-electron chi connectivity index (χ0n) is 11.8. The molecule has 0 atom stereocenters. The molecule has 0 unspecified atom stereocenters. The molecule has 112 valence electrons. The molecule has 0 saturated carbocycles. The number of benzene rings is 2. The fourth-order valence-corrected chi connectivity index (χ4v) is 3.03. The predicted octanol–water partition coefficient (Wildman–Crippen LogP) is 0.866. The van der Waals surface area contributed by atoms with Gasteiger partial charge >= 0.3 is 10.2 Å². The monoisotopic (exact) mass is 313 g/mol. The van der Waals surface area contributed by atoms with Gasteiger partial charge in [0.25, 0.3) is 0 Å². The second-order valence-electron chi connectivity index (χ2n) is 4.76. The van der Waals surface area contributed by atoms with Crippen LogP contribution in [-0.4, -0.2) is 12.7 Å². The second-order valence-corrected chi connectivity index (χ2v) is 6.42. The highest BCUT2D eigenvalue weighted by Gasteiger charge is 2.16. The molecule has 1 aliphatic rings. The first-order chi connectivity index (χ1) is 10.6. The van der Waals surface area contributed by atoms with E-state index in [1.54, 1.807) is 6.20 Å². The maximum Gasteiger partial charge on any atom is 0.305 e. The Balaban J connectivity index is 1.85. The van der Waals surface area contributed by atoms with Crippen molar-refractivity contribution >= 4 is 16.4 Å². The number of fused-ring (bicyclic) bond motifs is 1. The standard InChI is InChI=1S/C16H15N3O2S/c20-22(21,18-12-14-6-2-1-3-7-14)19-11-10-17-16-9-5-4-8-15(16)13-19/h1-11,13,18H,12H2. The van der Waals surface area contributed by atoms with Crippen molar-refractivity contribution in [1.82, 2.24) is 9.03 Å². The van der Waals surface area contributed by atoms with Crippen LogP contribution in [0.1, 0.15) is 5.56 Å². The molecule has 1 heterocycles. The smallest absolute Gasteiger partial charge is 0.255 e. The van der Waals surface area contributed by atoms with Crippen molar-refractivity contribution in [3.05, 3.63) is 83.1 Å². The summed E-state index contributed by atoms with van der Waals surface area (Å²) in [6, 6.07) is 16.7. The Morgan fingerprint density at radius 3 is 2.55 bits per heavy atom. The van der Waals surface area contributed by atoms with Crippen molar-refractivity contribution in [2.24, 2.45) is 4.99 Å². The number of hydrogen-bond donors (Lipinski definition) is 1. The molecule has 0 fully saturated rings. The van der Waals surface area contributed by atoms with Crippen LogP contribution in [0.5, 0.6) is 0 Å². The highest BCUT2D eigenvalue weighted by atomic mass is 32.2. The maximum atomic E-state index is 12.4. The molecule has 0 amide bonds. The summed E-state index contributed by atoms with van der Waals surface area (Å²) in [6.07, 6.45) is 4.45. The molecule has 0 saturated heterocycles. The molecule has 0 aliphatic carbocycles. The summed E-state index contributed by atoms with van der Waals surface area (Å²) >= 11 is 0. The highest BCUT2D eigenvalue weighted by Crippen LogP contribution is 2.05. The van der Waals surface area contributed by atoms with Crippen LogP contribution in [0.15, 0.2) is 72.0 Å². The Morgan fingerprint density at radius 2 is 1.73 bits per heavy atom. The lowest BCUT2D eigenvalue weighted by Gasteiger charge is -2.16. The van der Waals surface area contributed by atoms with Gasteiger partial charge in [0.05, 0.1) is 5.36 Å². The van der Waals surface area contributed by atoms with Gasteiger partial charge in [0.15, 0.2) is 0 Å². The highest BCUT2D eigenvalue weighted by molar-refractivity contribution is 7.87. The van der Waals surface area contributed by atoms with Gasteiger partial charge in [-0.2, -0.15) is 13.1 Å². The molecular weight excluding hydrogens is 298 g/mol. The van der Waals surface area contributed by atoms with Crippen LogP contribution in [-0.2, 0) is 16.8 Å². The number of hydrogen-bond acceptors (Lipinski definition) is 3. The molecule has 5 nitrogen and oxygen atoms in total. The average Bonchev–Trinajstić information content (AvgIpc) is 2.77. The average molecular weight is 313 g/mol. The van der Waals surface area contributed by atoms with Gasteiger partial charge in [-0.25, -0.2) is 4.31 Å². The predicted molar refractivity (Wildman–Crippen MR) is 84.9 cm³/mol. The van der Waals surface area contributed by atoms with E-state index in [0.29, 0.717) is 0 Å². The normalized spacial score (nSPS) is 13.7. The molecule has 1 aliphatic heterocycles. The van der Waals surface area contributed by atoms with Gasteiger partial charge in [-0.3, -0.25) is 4.99 Å². The lowest BCUT2D eigenvalue weighted by atomic mass is 10.2. The van der Waals surface area contributed by atoms with Gasteiger partial charge in [-0.05, 0) is 11.6 Å². The first-order valence-corrected chi connectivity index (χ1v) is 8.23. The van der Waals surface area contributed by atoms with Crippen LogP contribution in [0.3, 0.4) is 0 Å². The van der Waals surface area contributed by atoms with Crippen LogP contribution >= 0.6 is 0 Å². The third-order valence-electron chi connectivity index (χ3n) is 3.21. The van der Waals surface area contributed by atoms with E-state index in [-0.39, 0.29) is 6.54 Å². The molecular formula is C16H15N3O2S. The van der Waals surface area contributed by atoms with E-state index in [4.69, 9.17) is 0 Å². The van der Waals surface area contributed by atoms with Crippen molar-refractivity contribution < 1.29 is 8.42 Å². The Hall–Kier alpha value is -2.44. The summed E-state index contributed by atoms with van der Waals surface area (Å²) in [5.74, 6) is 0. The molecule has 2 aromatic rings. The summed E-state index contributed by atoms with van der Waals surface area (Å²) in [6.45, 7) is 0.236. The Labute approximate surface area is 129 Å². The molecule has 0 bridgehead atoms. The largest absolute Gasteiger partial charge is 0.305 e. The van der Waals surface area contributed by atoms with Gasteiger partial charge in [-0.15, -0.1) is 0 Å². The fraction of sp³-hybridized carbons (Fsp3) is 0.0625. The third-order valence-corrected chi connectivity index (χ3v) is 4.50. The molecule has 0 radical (unpaired) electrons. The van der Waals surface area contributed by atoms with Gasteiger partial charge in [-0.1, -0.05) is 48.5 Å². The third kappa shape index (κ3) is 3.24. The minimum Gasteiger partial charge on any atom is -0.255 e. The first-order valence-electron chi connectivity index (χ1n) is 6.79. The molecule has 6 heteroatoms. The maximum absolute atomic E-state index is 12.4. The number of rotatable bonds is 4. The van der Waals surface area contributed by atoms with Crippen molar-refractivity contribution in [3.8, 4) is 0 Å². The summed E-state index contributed by atoms with van der Waals surface area (Å²) in [7, 11) is -3.67. The van der Waals surface area contributed by atoms with Crippen LogP contribution in [0.4, 0.5) is 0 Å². The van der Waals surface area contributed by atoms with Crippen LogP contribution in [0.2, 0.25) is 0 Å². The van der Waals surface area contributed by atoms with E-state index >= 15 is 0 Å². The zero-order valence-corrected chi connectivity index (χ0v) is 12.6. The number of para-hydroxylation sites is 1. The summed E-state index contributed by atoms with van der Waals surface area (Å²) < 4.78 is 28.5. The molecule has 22 heavy (non-hydrogen) atoms. The summed E-state index contributed by atoms with van der Waals surface area (Å²) in [5, 5.41) is 1.48. The quantitative estimate of drug-likeness (QED) is 0.910. The zero-order chi connectivity index (χ0) is 15.4. The van der Waals surface area contributed by atoms with E-state index in [2.05, 4.69) is 9.71 Å². The van der Waals surface area contributed by atoms with E-state index < -0.39 is 10.2 Å². The summed E-state index contributed by atoms with van der Waals surface area (Å²) in [4.78, 5) is 4.22. The van der Waals surface area contributed by atoms with Gasteiger partial charge in [0, 0.05) is 30.4 Å². The topological polar surface area (TPSA) is 61.8 Å². The first kappa shape index (κ1) is 14.5. The lowest BCUT2D eigenvalue weighted by molar-refractivity contribution is 0.545. The van der Waals surface area contributed by atoms with Crippen LogP contribution in [0, 0.1) is 0 Å². The minimum atomic E-state index is -3.67. The van der Waals surface area contributed by atoms with E-state index in [0.717, 1.165) is 20.4 Å². The molecule has 0 spiro atoms. The number of nitrogens with one attached hydrogen (secondary N) is 1. The second kappa shape index (κ2) is 6.13. The van der Waals surface area contributed by atoms with Crippen molar-refractivity contribution in [3.63, 3.8) is 0 Å².